The van der Waals surface area contributed by atoms with E-state index in [-0.39, 0.29) is 0 Å². The smallest absolute Gasteiger partial charge is 0.328 e. The quantitative estimate of drug-likeness (QED) is 0.637. The Kier molecular flexibility index (Phi) is 4.20. The first kappa shape index (κ1) is 13.6. The lowest BCUT2D eigenvalue weighted by Gasteiger charge is -2.14. The third-order valence-corrected chi connectivity index (χ3v) is 3.80. The van der Waals surface area contributed by atoms with Gasteiger partial charge < -0.3 is 5.11 Å². The summed E-state index contributed by atoms with van der Waals surface area (Å²) in [5.41, 5.74) is 1.53. The van der Waals surface area contributed by atoms with Crippen LogP contribution in [0.15, 0.2) is 48.6 Å². The van der Waals surface area contributed by atoms with Gasteiger partial charge in [0.05, 0.1) is 0 Å². The number of hydrogen-bond acceptors (Lipinski definition) is 1. The third kappa shape index (κ3) is 4.09. The summed E-state index contributed by atoms with van der Waals surface area (Å²) >= 11 is 0. The number of hydrogen-bond donors (Lipinski definition) is 1. The van der Waals surface area contributed by atoms with Crippen molar-refractivity contribution in [3.05, 3.63) is 54.1 Å². The number of benzene rings is 1. The number of allylic oxidation sites excluding steroid dienone is 2. The maximum atomic E-state index is 10.1. The first-order valence-electron chi connectivity index (χ1n) is 6.73. The zero-order chi connectivity index (χ0) is 13.7. The van der Waals surface area contributed by atoms with E-state index in [9.17, 15) is 4.79 Å². The van der Waals surface area contributed by atoms with Crippen molar-refractivity contribution in [3.63, 3.8) is 0 Å². The molecule has 2 aliphatic rings. The van der Waals surface area contributed by atoms with E-state index in [1.165, 1.54) is 19.3 Å². The van der Waals surface area contributed by atoms with Gasteiger partial charge in [0.25, 0.3) is 0 Å². The van der Waals surface area contributed by atoms with Gasteiger partial charge in [-0.3, -0.25) is 0 Å². The van der Waals surface area contributed by atoms with Crippen LogP contribution >= 0.6 is 0 Å². The van der Waals surface area contributed by atoms with Gasteiger partial charge >= 0.3 is 5.97 Å². The van der Waals surface area contributed by atoms with Crippen LogP contribution < -0.4 is 0 Å². The molecule has 2 unspecified atom stereocenters. The molecular weight excluding hydrogens is 236 g/mol. The Balaban J connectivity index is 0.000000146. The van der Waals surface area contributed by atoms with Crippen molar-refractivity contribution >= 4 is 12.0 Å². The molecule has 0 aliphatic heterocycles. The maximum absolute atomic E-state index is 10.1. The zero-order valence-electron chi connectivity index (χ0n) is 11.3. The molecule has 100 valence electrons. The molecular formula is C17H20O2. The van der Waals surface area contributed by atoms with Crippen molar-refractivity contribution in [2.24, 2.45) is 11.3 Å². The molecule has 2 atom stereocenters. The molecule has 0 amide bonds. The van der Waals surface area contributed by atoms with E-state index < -0.39 is 5.97 Å². The fourth-order valence-electron chi connectivity index (χ4n) is 2.73. The Morgan fingerprint density at radius 2 is 2.11 bits per heavy atom. The fraction of sp³-hybridized carbons (Fsp3) is 0.353. The second kappa shape index (κ2) is 5.87. The van der Waals surface area contributed by atoms with Crippen molar-refractivity contribution in [1.29, 1.82) is 0 Å². The third-order valence-electron chi connectivity index (χ3n) is 3.80. The lowest BCUT2D eigenvalue weighted by molar-refractivity contribution is -0.131. The molecule has 2 nitrogen and oxygen atoms in total. The molecule has 3 rings (SSSR count). The normalized spacial score (nSPS) is 27.3. The van der Waals surface area contributed by atoms with Gasteiger partial charge in [0.1, 0.15) is 0 Å². The topological polar surface area (TPSA) is 37.3 Å². The van der Waals surface area contributed by atoms with Crippen LogP contribution in [0.5, 0.6) is 0 Å². The second-order valence-electron chi connectivity index (χ2n) is 5.60. The van der Waals surface area contributed by atoms with Crippen LogP contribution in [-0.2, 0) is 4.79 Å². The molecule has 2 bridgehead atoms. The van der Waals surface area contributed by atoms with Crippen molar-refractivity contribution in [2.45, 2.75) is 26.2 Å². The summed E-state index contributed by atoms with van der Waals surface area (Å²) in [6.45, 7) is 2.37. The molecule has 0 aromatic heterocycles. The highest BCUT2D eigenvalue weighted by atomic mass is 16.4. The highest BCUT2D eigenvalue weighted by Crippen LogP contribution is 2.48. The summed E-state index contributed by atoms with van der Waals surface area (Å²) < 4.78 is 0. The molecule has 1 saturated carbocycles. The first-order chi connectivity index (χ1) is 9.07. The number of aliphatic carboxylic acids is 1. The number of rotatable bonds is 2. The molecule has 2 aliphatic carbocycles. The Bertz CT molecular complexity index is 487. The lowest BCUT2D eigenvalue weighted by atomic mass is 9.91. The van der Waals surface area contributed by atoms with E-state index in [1.54, 1.807) is 6.08 Å². The number of carboxylic acid groups (broad SMARTS) is 1. The average Bonchev–Trinajstić information content (AvgIpc) is 2.96. The zero-order valence-corrected chi connectivity index (χ0v) is 11.3. The van der Waals surface area contributed by atoms with E-state index in [2.05, 4.69) is 19.1 Å². The molecule has 2 heteroatoms. The van der Waals surface area contributed by atoms with Crippen LogP contribution in [0.2, 0.25) is 0 Å². The summed E-state index contributed by atoms with van der Waals surface area (Å²) in [5, 5.41) is 8.29. The van der Waals surface area contributed by atoms with Gasteiger partial charge in [-0.2, -0.15) is 0 Å². The largest absolute Gasteiger partial charge is 0.478 e. The minimum atomic E-state index is -0.922. The molecule has 1 N–H and O–H groups in total. The van der Waals surface area contributed by atoms with E-state index >= 15 is 0 Å². The molecule has 1 aromatic carbocycles. The van der Waals surface area contributed by atoms with Crippen LogP contribution in [0.4, 0.5) is 0 Å². The number of carboxylic acids is 1. The number of fused-ring (bicyclic) bond motifs is 2. The van der Waals surface area contributed by atoms with Gasteiger partial charge in [-0.1, -0.05) is 49.4 Å². The van der Waals surface area contributed by atoms with E-state index in [0.29, 0.717) is 5.41 Å². The van der Waals surface area contributed by atoms with Gasteiger partial charge in [0.15, 0.2) is 0 Å². The van der Waals surface area contributed by atoms with Crippen LogP contribution in [0.1, 0.15) is 31.7 Å². The average molecular weight is 256 g/mol. The second-order valence-corrected chi connectivity index (χ2v) is 5.60. The van der Waals surface area contributed by atoms with E-state index in [4.69, 9.17) is 5.11 Å². The monoisotopic (exact) mass is 256 g/mol. The fourth-order valence-corrected chi connectivity index (χ4v) is 2.73. The van der Waals surface area contributed by atoms with Gasteiger partial charge in [-0.15, -0.1) is 0 Å². The van der Waals surface area contributed by atoms with Gasteiger partial charge in [-0.05, 0) is 42.2 Å². The molecule has 0 saturated heterocycles. The summed E-state index contributed by atoms with van der Waals surface area (Å²) in [6.07, 6.45) is 11.8. The minimum Gasteiger partial charge on any atom is -0.478 e. The van der Waals surface area contributed by atoms with Crippen molar-refractivity contribution in [3.8, 4) is 0 Å². The first-order valence-corrected chi connectivity index (χ1v) is 6.73. The van der Waals surface area contributed by atoms with Crippen molar-refractivity contribution in [2.75, 3.05) is 0 Å². The molecule has 0 spiro atoms. The van der Waals surface area contributed by atoms with Crippen molar-refractivity contribution in [1.82, 2.24) is 0 Å². The maximum Gasteiger partial charge on any atom is 0.328 e. The lowest BCUT2D eigenvalue weighted by Crippen LogP contribution is -2.02. The predicted molar refractivity (Wildman–Crippen MR) is 77.7 cm³/mol. The van der Waals surface area contributed by atoms with Crippen LogP contribution in [-0.4, -0.2) is 11.1 Å². The summed E-state index contributed by atoms with van der Waals surface area (Å²) in [7, 11) is 0. The van der Waals surface area contributed by atoms with E-state index in [0.717, 1.165) is 17.6 Å². The summed E-state index contributed by atoms with van der Waals surface area (Å²) in [5.74, 6) is 0.0360. The standard InChI is InChI=1S/C9H8O2.C8H12/c10-9(11)7-6-8-4-2-1-3-5-8;1-8-4-2-7(6-8)3-5-8/h1-7H,(H,10,11);2,4,7H,3,5-6H2,1H3. The molecule has 1 fully saturated rings. The van der Waals surface area contributed by atoms with Gasteiger partial charge in [0.2, 0.25) is 0 Å². The Hall–Kier alpha value is -1.83. The highest BCUT2D eigenvalue weighted by Gasteiger charge is 2.36. The number of carbonyl (C=O) groups is 1. The van der Waals surface area contributed by atoms with E-state index in [1.807, 2.05) is 30.3 Å². The Labute approximate surface area is 114 Å². The molecule has 1 aromatic rings. The molecule has 19 heavy (non-hydrogen) atoms. The predicted octanol–water partition coefficient (Wildman–Crippen LogP) is 4.15. The molecule has 0 heterocycles. The van der Waals surface area contributed by atoms with Crippen molar-refractivity contribution < 1.29 is 9.90 Å². The Morgan fingerprint density at radius 1 is 1.37 bits per heavy atom. The summed E-state index contributed by atoms with van der Waals surface area (Å²) in [4.78, 5) is 10.1. The van der Waals surface area contributed by atoms with Crippen LogP contribution in [0, 0.1) is 11.3 Å². The van der Waals surface area contributed by atoms with Crippen LogP contribution in [0.25, 0.3) is 6.08 Å². The van der Waals surface area contributed by atoms with Gasteiger partial charge in [-0.25, -0.2) is 4.79 Å². The van der Waals surface area contributed by atoms with Crippen LogP contribution in [0.3, 0.4) is 0 Å². The highest BCUT2D eigenvalue weighted by molar-refractivity contribution is 5.85. The Morgan fingerprint density at radius 3 is 2.47 bits per heavy atom. The molecule has 0 radical (unpaired) electrons. The SMILES string of the molecule is CC12C=CC(CC1)C2.O=C(O)C=Cc1ccccc1. The van der Waals surface area contributed by atoms with Gasteiger partial charge in [0, 0.05) is 6.08 Å². The minimum absolute atomic E-state index is 0.630. The summed E-state index contributed by atoms with van der Waals surface area (Å²) in [6, 6.07) is 9.31.